The van der Waals surface area contributed by atoms with Gasteiger partial charge in [0.05, 0.1) is 11.8 Å². The Kier molecular flexibility index (Phi) is 4.76. The van der Waals surface area contributed by atoms with Crippen molar-refractivity contribution in [3.8, 4) is 0 Å². The molecule has 0 bridgehead atoms. The van der Waals surface area contributed by atoms with Crippen LogP contribution >= 0.6 is 15.9 Å². The largest absolute Gasteiger partial charge is 0.444 e. The molecule has 1 rings (SSSR count). The van der Waals surface area contributed by atoms with Crippen molar-refractivity contribution in [1.82, 2.24) is 0 Å². The Hall–Kier alpha value is -1.07. The van der Waals surface area contributed by atoms with Crippen LogP contribution in [-0.2, 0) is 4.74 Å². The highest BCUT2D eigenvalue weighted by Crippen LogP contribution is 2.26. The van der Waals surface area contributed by atoms with Crippen molar-refractivity contribution in [3.05, 3.63) is 28.2 Å². The lowest BCUT2D eigenvalue weighted by Crippen LogP contribution is -2.27. The van der Waals surface area contributed by atoms with Crippen LogP contribution in [0.3, 0.4) is 0 Å². The topological polar surface area (TPSA) is 58.6 Å². The van der Waals surface area contributed by atoms with E-state index >= 15 is 0 Å². The predicted molar refractivity (Wildman–Crippen MR) is 74.6 cm³/mol. The molecule has 0 radical (unpaired) electrons. The molecule has 0 fully saturated rings. The minimum Gasteiger partial charge on any atom is -0.444 e. The molecule has 1 amide bonds. The van der Waals surface area contributed by atoms with Gasteiger partial charge in [0.25, 0.3) is 0 Å². The monoisotopic (exact) mass is 315 g/mol. The number of ether oxygens (including phenoxy) is 1. The molecule has 0 unspecified atom stereocenters. The van der Waals surface area contributed by atoms with Crippen molar-refractivity contribution >= 4 is 27.7 Å². The van der Waals surface area contributed by atoms with Gasteiger partial charge < -0.3 is 9.84 Å². The van der Waals surface area contributed by atoms with E-state index in [2.05, 4.69) is 21.2 Å². The fourth-order valence-electron chi connectivity index (χ4n) is 1.31. The summed E-state index contributed by atoms with van der Waals surface area (Å²) in [6.45, 7) is 7.07. The Morgan fingerprint density at radius 1 is 1.44 bits per heavy atom. The van der Waals surface area contributed by atoms with Gasteiger partial charge in [-0.05, 0) is 61.3 Å². The standard InChI is InChI=1S/C13H18BrNO3/c1-8(16)9-5-6-10(14)11(7-9)15-12(17)18-13(2,3)4/h5-8,16H,1-4H3,(H,15,17)/t8-/m1/s1. The first-order valence-electron chi connectivity index (χ1n) is 5.66. The number of carbonyl (C=O) groups is 1. The molecule has 1 aromatic carbocycles. The zero-order valence-electron chi connectivity index (χ0n) is 11.0. The molecule has 100 valence electrons. The Morgan fingerprint density at radius 3 is 2.56 bits per heavy atom. The summed E-state index contributed by atoms with van der Waals surface area (Å²) in [7, 11) is 0. The first-order chi connectivity index (χ1) is 8.19. The third-order valence-electron chi connectivity index (χ3n) is 2.11. The summed E-state index contributed by atoms with van der Waals surface area (Å²) in [6, 6.07) is 5.27. The van der Waals surface area contributed by atoms with Gasteiger partial charge in [-0.2, -0.15) is 0 Å². The molecule has 18 heavy (non-hydrogen) atoms. The first-order valence-corrected chi connectivity index (χ1v) is 6.46. The minimum absolute atomic E-state index is 0.522. The molecule has 0 aromatic heterocycles. The number of hydrogen-bond acceptors (Lipinski definition) is 3. The van der Waals surface area contributed by atoms with E-state index < -0.39 is 17.8 Å². The fourth-order valence-corrected chi connectivity index (χ4v) is 1.66. The minimum atomic E-state index is -0.586. The average molecular weight is 316 g/mol. The van der Waals surface area contributed by atoms with Gasteiger partial charge >= 0.3 is 6.09 Å². The molecule has 1 atom stereocenters. The molecule has 4 nitrogen and oxygen atoms in total. The molecule has 0 aliphatic heterocycles. The normalized spacial score (nSPS) is 13.0. The van der Waals surface area contributed by atoms with E-state index in [1.54, 1.807) is 45.9 Å². The van der Waals surface area contributed by atoms with Crippen molar-refractivity contribution in [2.45, 2.75) is 39.4 Å². The van der Waals surface area contributed by atoms with Crippen LogP contribution in [0.25, 0.3) is 0 Å². The summed E-state index contributed by atoms with van der Waals surface area (Å²) in [6.07, 6.45) is -1.11. The number of benzene rings is 1. The Labute approximate surface area is 115 Å². The molecule has 5 heteroatoms. The summed E-state index contributed by atoms with van der Waals surface area (Å²) >= 11 is 3.34. The number of rotatable bonds is 2. The maximum absolute atomic E-state index is 11.6. The zero-order valence-corrected chi connectivity index (χ0v) is 12.5. The van der Waals surface area contributed by atoms with Gasteiger partial charge in [0.15, 0.2) is 0 Å². The molecule has 0 saturated carbocycles. The van der Waals surface area contributed by atoms with Crippen molar-refractivity contribution in [2.24, 2.45) is 0 Å². The highest BCUT2D eigenvalue weighted by molar-refractivity contribution is 9.10. The maximum atomic E-state index is 11.6. The fraction of sp³-hybridized carbons (Fsp3) is 0.462. The number of anilines is 1. The van der Waals surface area contributed by atoms with Crippen LogP contribution in [0.15, 0.2) is 22.7 Å². The van der Waals surface area contributed by atoms with Crippen LogP contribution in [0.1, 0.15) is 39.4 Å². The summed E-state index contributed by atoms with van der Waals surface area (Å²) < 4.78 is 5.90. The summed E-state index contributed by atoms with van der Waals surface area (Å²) in [4.78, 5) is 11.6. The van der Waals surface area contributed by atoms with Gasteiger partial charge in [-0.1, -0.05) is 6.07 Å². The highest BCUT2D eigenvalue weighted by Gasteiger charge is 2.17. The molecule has 0 aliphatic rings. The summed E-state index contributed by atoms with van der Waals surface area (Å²) in [5.41, 5.74) is 0.755. The number of aliphatic hydroxyl groups is 1. The predicted octanol–water partition coefficient (Wildman–Crippen LogP) is 3.85. The smallest absolute Gasteiger partial charge is 0.412 e. The van der Waals surface area contributed by atoms with E-state index in [1.807, 2.05) is 0 Å². The average Bonchev–Trinajstić information content (AvgIpc) is 2.18. The second-order valence-corrected chi connectivity index (χ2v) is 5.90. The number of amides is 1. The second-order valence-electron chi connectivity index (χ2n) is 5.04. The number of hydrogen-bond donors (Lipinski definition) is 2. The molecule has 0 spiro atoms. The Morgan fingerprint density at radius 2 is 2.06 bits per heavy atom. The third kappa shape index (κ3) is 4.66. The van der Waals surface area contributed by atoms with Crippen LogP contribution in [0.4, 0.5) is 10.5 Å². The van der Waals surface area contributed by atoms with E-state index in [0.717, 1.165) is 10.0 Å². The van der Waals surface area contributed by atoms with E-state index in [-0.39, 0.29) is 0 Å². The first kappa shape index (κ1) is 15.0. The van der Waals surface area contributed by atoms with Crippen LogP contribution in [-0.4, -0.2) is 16.8 Å². The van der Waals surface area contributed by atoms with Crippen molar-refractivity contribution in [3.63, 3.8) is 0 Å². The lowest BCUT2D eigenvalue weighted by atomic mass is 10.1. The quantitative estimate of drug-likeness (QED) is 0.871. The molecule has 1 aromatic rings. The summed E-state index contributed by atoms with van der Waals surface area (Å²) in [5.74, 6) is 0. The van der Waals surface area contributed by atoms with Gasteiger partial charge in [0, 0.05) is 4.47 Å². The number of carbonyl (C=O) groups excluding carboxylic acids is 1. The molecule has 0 saturated heterocycles. The van der Waals surface area contributed by atoms with Gasteiger partial charge in [-0.3, -0.25) is 5.32 Å². The molecule has 0 heterocycles. The van der Waals surface area contributed by atoms with Crippen LogP contribution < -0.4 is 5.32 Å². The van der Waals surface area contributed by atoms with E-state index in [1.165, 1.54) is 0 Å². The third-order valence-corrected chi connectivity index (χ3v) is 2.80. The lowest BCUT2D eigenvalue weighted by molar-refractivity contribution is 0.0635. The van der Waals surface area contributed by atoms with Crippen molar-refractivity contribution < 1.29 is 14.6 Å². The molecular weight excluding hydrogens is 298 g/mol. The van der Waals surface area contributed by atoms with Crippen LogP contribution in [0.2, 0.25) is 0 Å². The number of nitrogens with one attached hydrogen (secondary N) is 1. The highest BCUT2D eigenvalue weighted by atomic mass is 79.9. The van der Waals surface area contributed by atoms with E-state index in [0.29, 0.717) is 5.69 Å². The Balaban J connectivity index is 2.84. The van der Waals surface area contributed by atoms with Gasteiger partial charge in [0.2, 0.25) is 0 Å². The van der Waals surface area contributed by atoms with Crippen LogP contribution in [0.5, 0.6) is 0 Å². The van der Waals surface area contributed by atoms with Gasteiger partial charge in [-0.25, -0.2) is 4.79 Å². The van der Waals surface area contributed by atoms with E-state index in [9.17, 15) is 9.90 Å². The number of aliphatic hydroxyl groups excluding tert-OH is 1. The molecule has 0 aliphatic carbocycles. The van der Waals surface area contributed by atoms with Gasteiger partial charge in [-0.15, -0.1) is 0 Å². The molecule has 2 N–H and O–H groups in total. The Bertz CT molecular complexity index is 438. The SMILES string of the molecule is C[C@@H](O)c1ccc(Br)c(NC(=O)OC(C)(C)C)c1. The molecular formula is C13H18BrNO3. The van der Waals surface area contributed by atoms with Gasteiger partial charge in [0.1, 0.15) is 5.60 Å². The maximum Gasteiger partial charge on any atom is 0.412 e. The second kappa shape index (κ2) is 5.71. The van der Waals surface area contributed by atoms with Crippen molar-refractivity contribution in [2.75, 3.05) is 5.32 Å². The zero-order chi connectivity index (χ0) is 13.9. The lowest BCUT2D eigenvalue weighted by Gasteiger charge is -2.20. The van der Waals surface area contributed by atoms with Crippen LogP contribution in [0, 0.1) is 0 Å². The summed E-state index contributed by atoms with van der Waals surface area (Å²) in [5, 5.41) is 12.1. The van der Waals surface area contributed by atoms with E-state index in [4.69, 9.17) is 4.74 Å². The van der Waals surface area contributed by atoms with Crippen molar-refractivity contribution in [1.29, 1.82) is 0 Å². The number of halogens is 1.